The molecule has 7 heteroatoms. The summed E-state index contributed by atoms with van der Waals surface area (Å²) in [5.74, 6) is -6.56. The standard InChI is InChI=1S/C13H12F3NO3/c14-8-4-9(15)11(16)10(5-8)17-12(18)6-1-2-7(3-6)13(19)20/h4-7H,1-3H2,(H,17,18)(H,19,20)/t6-,7+/m1/s1. The van der Waals surface area contributed by atoms with Gasteiger partial charge in [-0.05, 0) is 19.3 Å². The van der Waals surface area contributed by atoms with E-state index < -0.39 is 46.9 Å². The van der Waals surface area contributed by atoms with Gasteiger partial charge in [0.1, 0.15) is 5.82 Å². The molecule has 0 unspecified atom stereocenters. The van der Waals surface area contributed by atoms with Crippen molar-refractivity contribution in [1.29, 1.82) is 0 Å². The van der Waals surface area contributed by atoms with Gasteiger partial charge in [0.2, 0.25) is 5.91 Å². The van der Waals surface area contributed by atoms with Crippen LogP contribution < -0.4 is 5.32 Å². The van der Waals surface area contributed by atoms with Crippen LogP contribution in [0.5, 0.6) is 0 Å². The second kappa shape index (κ2) is 5.52. The predicted molar refractivity (Wildman–Crippen MR) is 63.4 cm³/mol. The summed E-state index contributed by atoms with van der Waals surface area (Å²) in [6, 6.07) is 1.06. The van der Waals surface area contributed by atoms with Crippen LogP contribution in [-0.2, 0) is 9.59 Å². The fourth-order valence-electron chi connectivity index (χ4n) is 2.33. The van der Waals surface area contributed by atoms with Gasteiger partial charge in [-0.15, -0.1) is 0 Å². The molecule has 20 heavy (non-hydrogen) atoms. The molecule has 1 fully saturated rings. The molecule has 0 radical (unpaired) electrons. The lowest BCUT2D eigenvalue weighted by atomic mass is 10.0. The topological polar surface area (TPSA) is 66.4 Å². The predicted octanol–water partition coefficient (Wildman–Crippen LogP) is 2.54. The zero-order chi connectivity index (χ0) is 14.9. The summed E-state index contributed by atoms with van der Waals surface area (Å²) < 4.78 is 39.3. The van der Waals surface area contributed by atoms with E-state index in [9.17, 15) is 22.8 Å². The van der Waals surface area contributed by atoms with Gasteiger partial charge in [-0.25, -0.2) is 13.2 Å². The lowest BCUT2D eigenvalue weighted by Crippen LogP contribution is -2.22. The van der Waals surface area contributed by atoms with Crippen LogP contribution >= 0.6 is 0 Å². The van der Waals surface area contributed by atoms with Crippen LogP contribution in [0.25, 0.3) is 0 Å². The third-order valence-corrected chi connectivity index (χ3v) is 3.40. The van der Waals surface area contributed by atoms with Crippen molar-refractivity contribution in [2.24, 2.45) is 11.8 Å². The Balaban J connectivity index is 2.08. The van der Waals surface area contributed by atoms with Crippen molar-refractivity contribution in [3.8, 4) is 0 Å². The number of aliphatic carboxylic acids is 1. The average molecular weight is 287 g/mol. The highest BCUT2D eigenvalue weighted by atomic mass is 19.2. The second-order valence-corrected chi connectivity index (χ2v) is 4.78. The van der Waals surface area contributed by atoms with Crippen LogP contribution in [-0.4, -0.2) is 17.0 Å². The molecule has 0 saturated heterocycles. The molecule has 1 aromatic carbocycles. The molecule has 2 rings (SSSR count). The Kier molecular flexibility index (Phi) is 3.96. The normalized spacial score (nSPS) is 21.8. The van der Waals surface area contributed by atoms with E-state index >= 15 is 0 Å². The fourth-order valence-corrected chi connectivity index (χ4v) is 2.33. The summed E-state index contributed by atoms with van der Waals surface area (Å²) in [5, 5.41) is 10.9. The zero-order valence-electron chi connectivity index (χ0n) is 10.3. The Hall–Kier alpha value is -2.05. The molecule has 2 N–H and O–H groups in total. The third-order valence-electron chi connectivity index (χ3n) is 3.40. The van der Waals surface area contributed by atoms with Gasteiger partial charge in [0, 0.05) is 18.1 Å². The smallest absolute Gasteiger partial charge is 0.306 e. The molecule has 1 aromatic rings. The van der Waals surface area contributed by atoms with Gasteiger partial charge in [-0.3, -0.25) is 9.59 Å². The Labute approximate surface area is 112 Å². The lowest BCUT2D eigenvalue weighted by Gasteiger charge is -2.11. The molecule has 0 aromatic heterocycles. The Morgan fingerprint density at radius 2 is 1.80 bits per heavy atom. The molecule has 1 aliphatic carbocycles. The van der Waals surface area contributed by atoms with Gasteiger partial charge < -0.3 is 10.4 Å². The van der Waals surface area contributed by atoms with Crippen molar-refractivity contribution in [3.05, 3.63) is 29.6 Å². The molecule has 1 aliphatic rings. The van der Waals surface area contributed by atoms with E-state index in [0.29, 0.717) is 25.0 Å². The highest BCUT2D eigenvalue weighted by Crippen LogP contribution is 2.32. The lowest BCUT2D eigenvalue weighted by molar-refractivity contribution is -0.141. The molecule has 0 aliphatic heterocycles. The number of carbonyl (C=O) groups is 2. The Morgan fingerprint density at radius 3 is 2.40 bits per heavy atom. The Bertz CT molecular complexity index is 562. The highest BCUT2D eigenvalue weighted by molar-refractivity contribution is 5.93. The minimum absolute atomic E-state index is 0.139. The molecule has 108 valence electrons. The molecule has 0 spiro atoms. The summed E-state index contributed by atoms with van der Waals surface area (Å²) in [6.45, 7) is 0. The van der Waals surface area contributed by atoms with Crippen molar-refractivity contribution in [3.63, 3.8) is 0 Å². The maximum Gasteiger partial charge on any atom is 0.306 e. The largest absolute Gasteiger partial charge is 0.481 e. The number of carbonyl (C=O) groups excluding carboxylic acids is 1. The molecular weight excluding hydrogens is 275 g/mol. The minimum Gasteiger partial charge on any atom is -0.481 e. The van der Waals surface area contributed by atoms with E-state index in [-0.39, 0.29) is 6.42 Å². The van der Waals surface area contributed by atoms with Crippen molar-refractivity contribution < 1.29 is 27.9 Å². The first-order valence-electron chi connectivity index (χ1n) is 6.06. The van der Waals surface area contributed by atoms with Crippen LogP contribution in [0.2, 0.25) is 0 Å². The zero-order valence-corrected chi connectivity index (χ0v) is 10.3. The van der Waals surface area contributed by atoms with E-state index in [1.165, 1.54) is 0 Å². The van der Waals surface area contributed by atoms with Gasteiger partial charge in [0.25, 0.3) is 0 Å². The maximum atomic E-state index is 13.4. The van der Waals surface area contributed by atoms with Crippen LogP contribution in [0.3, 0.4) is 0 Å². The van der Waals surface area contributed by atoms with Gasteiger partial charge in [-0.2, -0.15) is 0 Å². The summed E-state index contributed by atoms with van der Waals surface area (Å²) >= 11 is 0. The van der Waals surface area contributed by atoms with Crippen molar-refractivity contribution >= 4 is 17.6 Å². The van der Waals surface area contributed by atoms with Gasteiger partial charge >= 0.3 is 5.97 Å². The summed E-state index contributed by atoms with van der Waals surface area (Å²) in [6.07, 6.45) is 0.843. The fraction of sp³-hybridized carbons (Fsp3) is 0.385. The summed E-state index contributed by atoms with van der Waals surface area (Å²) in [7, 11) is 0. The van der Waals surface area contributed by atoms with E-state index in [4.69, 9.17) is 5.11 Å². The van der Waals surface area contributed by atoms with Crippen LogP contribution in [0.1, 0.15) is 19.3 Å². The number of hydrogen-bond acceptors (Lipinski definition) is 2. The Morgan fingerprint density at radius 1 is 1.15 bits per heavy atom. The SMILES string of the molecule is O=C(O)[C@H]1CC[C@@H](C(=O)Nc2cc(F)cc(F)c2F)C1. The number of carboxylic acids is 1. The number of hydrogen-bond donors (Lipinski definition) is 2. The molecule has 2 atom stereocenters. The average Bonchev–Trinajstić information content (AvgIpc) is 2.85. The minimum atomic E-state index is -1.39. The number of carboxylic acid groups (broad SMARTS) is 1. The third kappa shape index (κ3) is 2.92. The number of halogens is 3. The first-order chi connectivity index (χ1) is 9.38. The van der Waals surface area contributed by atoms with Crippen molar-refractivity contribution in [2.75, 3.05) is 5.32 Å². The van der Waals surface area contributed by atoms with E-state index in [1.54, 1.807) is 0 Å². The van der Waals surface area contributed by atoms with Crippen LogP contribution in [0.15, 0.2) is 12.1 Å². The number of anilines is 1. The number of nitrogens with one attached hydrogen (secondary N) is 1. The monoisotopic (exact) mass is 287 g/mol. The molecule has 1 amide bonds. The maximum absolute atomic E-state index is 13.4. The first-order valence-corrected chi connectivity index (χ1v) is 6.06. The molecule has 1 saturated carbocycles. The van der Waals surface area contributed by atoms with Crippen molar-refractivity contribution in [2.45, 2.75) is 19.3 Å². The molecular formula is C13H12F3NO3. The summed E-state index contributed by atoms with van der Waals surface area (Å²) in [5.41, 5.74) is -0.578. The summed E-state index contributed by atoms with van der Waals surface area (Å²) in [4.78, 5) is 22.6. The van der Waals surface area contributed by atoms with E-state index in [2.05, 4.69) is 5.32 Å². The molecule has 0 heterocycles. The van der Waals surface area contributed by atoms with Crippen molar-refractivity contribution in [1.82, 2.24) is 0 Å². The highest BCUT2D eigenvalue weighted by Gasteiger charge is 2.34. The molecule has 0 bridgehead atoms. The number of amides is 1. The van der Waals surface area contributed by atoms with Crippen LogP contribution in [0, 0.1) is 29.3 Å². The van der Waals surface area contributed by atoms with Gasteiger partial charge in [0.15, 0.2) is 11.6 Å². The first kappa shape index (κ1) is 14.4. The van der Waals surface area contributed by atoms with Crippen LogP contribution in [0.4, 0.5) is 18.9 Å². The molecule has 4 nitrogen and oxygen atoms in total. The second-order valence-electron chi connectivity index (χ2n) is 4.78. The van der Waals surface area contributed by atoms with Gasteiger partial charge in [0.05, 0.1) is 11.6 Å². The quantitative estimate of drug-likeness (QED) is 0.840. The van der Waals surface area contributed by atoms with E-state index in [0.717, 1.165) is 0 Å². The number of benzene rings is 1. The van der Waals surface area contributed by atoms with Gasteiger partial charge in [-0.1, -0.05) is 0 Å². The number of rotatable bonds is 3. The van der Waals surface area contributed by atoms with E-state index in [1.807, 2.05) is 0 Å².